The molecule has 0 unspecified atom stereocenters. The number of sulfonamides is 1. The third-order valence-electron chi connectivity index (χ3n) is 2.77. The summed E-state index contributed by atoms with van der Waals surface area (Å²) in [5, 5.41) is 0. The molecule has 0 heterocycles. The van der Waals surface area contributed by atoms with Gasteiger partial charge in [-0.05, 0) is 26.2 Å². The van der Waals surface area contributed by atoms with Crippen LogP contribution in [0.3, 0.4) is 0 Å². The Kier molecular flexibility index (Phi) is 5.58. The van der Waals surface area contributed by atoms with Crippen molar-refractivity contribution in [2.24, 2.45) is 5.73 Å². The molecule has 5 nitrogen and oxygen atoms in total. The van der Waals surface area contributed by atoms with Crippen molar-refractivity contribution in [2.45, 2.75) is 4.90 Å². The quantitative estimate of drug-likeness (QED) is 0.780. The molecule has 0 aliphatic heterocycles. The Bertz CT molecular complexity index is 603. The van der Waals surface area contributed by atoms with Gasteiger partial charge in [0, 0.05) is 20.1 Å². The van der Waals surface area contributed by atoms with E-state index in [1.54, 1.807) is 0 Å². The fourth-order valence-electron chi connectivity index (χ4n) is 1.59. The lowest BCUT2D eigenvalue weighted by Gasteiger charge is -2.21. The molecule has 0 aromatic heterocycles. The van der Waals surface area contributed by atoms with Crippen LogP contribution in [-0.2, 0) is 10.0 Å². The van der Waals surface area contributed by atoms with Gasteiger partial charge in [-0.3, -0.25) is 0 Å². The van der Waals surface area contributed by atoms with E-state index < -0.39 is 15.8 Å². The van der Waals surface area contributed by atoms with E-state index in [4.69, 9.17) is 18.0 Å². The molecule has 1 aromatic carbocycles. The normalized spacial score (nSPS) is 12.1. The predicted octanol–water partition coefficient (Wildman–Crippen LogP) is 0.642. The van der Waals surface area contributed by atoms with E-state index in [0.717, 1.165) is 10.4 Å². The first kappa shape index (κ1) is 17.0. The van der Waals surface area contributed by atoms with E-state index >= 15 is 0 Å². The average Bonchev–Trinajstić information content (AvgIpc) is 2.34. The van der Waals surface area contributed by atoms with Crippen LogP contribution in [0, 0.1) is 5.82 Å². The van der Waals surface area contributed by atoms with Crippen molar-refractivity contribution >= 4 is 27.2 Å². The lowest BCUT2D eigenvalue weighted by molar-refractivity contribution is 0.358. The molecule has 0 radical (unpaired) electrons. The molecule has 20 heavy (non-hydrogen) atoms. The van der Waals surface area contributed by atoms with E-state index in [1.807, 2.05) is 19.0 Å². The second-order valence-corrected chi connectivity index (χ2v) is 7.06. The predicted molar refractivity (Wildman–Crippen MR) is 80.7 cm³/mol. The second kappa shape index (κ2) is 6.57. The van der Waals surface area contributed by atoms with Crippen LogP contribution in [0.1, 0.15) is 5.56 Å². The highest BCUT2D eigenvalue weighted by Gasteiger charge is 2.26. The van der Waals surface area contributed by atoms with E-state index in [1.165, 1.54) is 19.2 Å². The van der Waals surface area contributed by atoms with Crippen LogP contribution >= 0.6 is 12.2 Å². The number of thiocarbonyl (C=S) groups is 1. The van der Waals surface area contributed by atoms with Crippen molar-refractivity contribution in [3.63, 3.8) is 0 Å². The zero-order valence-electron chi connectivity index (χ0n) is 11.6. The Hall–Kier alpha value is -1.09. The zero-order chi connectivity index (χ0) is 15.5. The third-order valence-corrected chi connectivity index (χ3v) is 4.88. The molecular weight excluding hydrogens is 301 g/mol. The molecule has 0 saturated carbocycles. The van der Waals surface area contributed by atoms with E-state index in [-0.39, 0.29) is 22.0 Å². The first-order chi connectivity index (χ1) is 9.17. The first-order valence-corrected chi connectivity index (χ1v) is 7.72. The van der Waals surface area contributed by atoms with Gasteiger partial charge >= 0.3 is 0 Å². The molecule has 112 valence electrons. The highest BCUT2D eigenvalue weighted by atomic mass is 32.2. The summed E-state index contributed by atoms with van der Waals surface area (Å²) >= 11 is 4.75. The SMILES string of the molecule is CN(C)CCN(C)S(=O)(=O)c1cccc(F)c1C(N)=S. The van der Waals surface area contributed by atoms with E-state index in [0.29, 0.717) is 6.54 Å². The molecule has 0 saturated heterocycles. The van der Waals surface area contributed by atoms with E-state index in [2.05, 4.69) is 0 Å². The highest BCUT2D eigenvalue weighted by molar-refractivity contribution is 7.89. The molecular formula is C12H18FN3O2S2. The molecule has 0 aliphatic rings. The summed E-state index contributed by atoms with van der Waals surface area (Å²) in [5.74, 6) is -0.736. The molecule has 0 atom stereocenters. The van der Waals surface area contributed by atoms with E-state index in [9.17, 15) is 12.8 Å². The van der Waals surface area contributed by atoms with Gasteiger partial charge < -0.3 is 10.6 Å². The number of rotatable bonds is 6. The maximum Gasteiger partial charge on any atom is 0.243 e. The maximum absolute atomic E-state index is 13.7. The second-order valence-electron chi connectivity index (χ2n) is 4.61. The van der Waals surface area contributed by atoms with Crippen molar-refractivity contribution < 1.29 is 12.8 Å². The molecule has 0 bridgehead atoms. The number of hydrogen-bond acceptors (Lipinski definition) is 4. The number of likely N-dealkylation sites (N-methyl/N-ethyl adjacent to an activating group) is 2. The summed E-state index contributed by atoms with van der Waals surface area (Å²) in [7, 11) is 1.28. The molecule has 0 aliphatic carbocycles. The number of nitrogens with two attached hydrogens (primary N) is 1. The van der Waals surface area contributed by atoms with Crippen LogP contribution in [-0.4, -0.2) is 56.8 Å². The number of nitrogens with zero attached hydrogens (tertiary/aromatic N) is 2. The Morgan fingerprint density at radius 2 is 1.90 bits per heavy atom. The average molecular weight is 319 g/mol. The Morgan fingerprint density at radius 3 is 2.40 bits per heavy atom. The fourth-order valence-corrected chi connectivity index (χ4v) is 3.23. The summed E-state index contributed by atoms with van der Waals surface area (Å²) in [6.07, 6.45) is 0. The van der Waals surface area contributed by atoms with Crippen LogP contribution in [0.5, 0.6) is 0 Å². The minimum absolute atomic E-state index is 0.203. The molecule has 0 amide bonds. The number of benzene rings is 1. The van der Waals surface area contributed by atoms with Gasteiger partial charge in [0.2, 0.25) is 10.0 Å². The number of halogens is 1. The molecule has 8 heteroatoms. The molecule has 2 N–H and O–H groups in total. The van der Waals surface area contributed by atoms with Gasteiger partial charge in [0.25, 0.3) is 0 Å². The molecule has 1 aromatic rings. The Morgan fingerprint density at radius 1 is 1.30 bits per heavy atom. The van der Waals surface area contributed by atoms with Crippen molar-refractivity contribution in [2.75, 3.05) is 34.2 Å². The van der Waals surface area contributed by atoms with Crippen LogP contribution in [0.2, 0.25) is 0 Å². The molecule has 1 rings (SSSR count). The Balaban J connectivity index is 3.22. The fraction of sp³-hybridized carbons (Fsp3) is 0.417. The summed E-state index contributed by atoms with van der Waals surface area (Å²) in [6, 6.07) is 3.76. The van der Waals surface area contributed by atoms with Crippen LogP contribution in [0.15, 0.2) is 23.1 Å². The van der Waals surface area contributed by atoms with Gasteiger partial charge in [0.15, 0.2) is 0 Å². The summed E-state index contributed by atoms with van der Waals surface area (Å²) in [5.41, 5.74) is 5.20. The summed E-state index contributed by atoms with van der Waals surface area (Å²) in [6.45, 7) is 0.829. The van der Waals surface area contributed by atoms with Crippen LogP contribution < -0.4 is 5.73 Å². The van der Waals surface area contributed by atoms with Gasteiger partial charge in [0.1, 0.15) is 10.8 Å². The van der Waals surface area contributed by atoms with Gasteiger partial charge in [0.05, 0.1) is 10.5 Å². The standard InChI is InChI=1S/C12H18FN3O2S2/c1-15(2)7-8-16(3)20(17,18)10-6-4-5-9(13)11(10)12(14)19/h4-6H,7-8H2,1-3H3,(H2,14,19). The largest absolute Gasteiger partial charge is 0.389 e. The van der Waals surface area contributed by atoms with Gasteiger partial charge in [-0.15, -0.1) is 0 Å². The van der Waals surface area contributed by atoms with Gasteiger partial charge in [-0.1, -0.05) is 18.3 Å². The van der Waals surface area contributed by atoms with Crippen LogP contribution in [0.25, 0.3) is 0 Å². The van der Waals surface area contributed by atoms with Crippen molar-refractivity contribution in [3.8, 4) is 0 Å². The van der Waals surface area contributed by atoms with Crippen molar-refractivity contribution in [1.29, 1.82) is 0 Å². The zero-order valence-corrected chi connectivity index (χ0v) is 13.3. The maximum atomic E-state index is 13.7. The number of hydrogen-bond donors (Lipinski definition) is 1. The summed E-state index contributed by atoms with van der Waals surface area (Å²) < 4.78 is 39.8. The third kappa shape index (κ3) is 3.72. The van der Waals surface area contributed by atoms with Gasteiger partial charge in [-0.2, -0.15) is 4.31 Å². The lowest BCUT2D eigenvalue weighted by Crippen LogP contribution is -2.34. The smallest absolute Gasteiger partial charge is 0.243 e. The molecule has 0 fully saturated rings. The summed E-state index contributed by atoms with van der Waals surface area (Å²) in [4.78, 5) is 1.38. The Labute approximate surface area is 124 Å². The van der Waals surface area contributed by atoms with Gasteiger partial charge in [-0.25, -0.2) is 12.8 Å². The van der Waals surface area contributed by atoms with Crippen LogP contribution in [0.4, 0.5) is 4.39 Å². The van der Waals surface area contributed by atoms with Crippen molar-refractivity contribution in [1.82, 2.24) is 9.21 Å². The monoisotopic (exact) mass is 319 g/mol. The van der Waals surface area contributed by atoms with Crippen molar-refractivity contribution in [3.05, 3.63) is 29.6 Å². The minimum Gasteiger partial charge on any atom is -0.389 e. The lowest BCUT2D eigenvalue weighted by atomic mass is 10.2. The topological polar surface area (TPSA) is 66.6 Å². The first-order valence-electron chi connectivity index (χ1n) is 5.87. The minimum atomic E-state index is -3.83. The molecule has 0 spiro atoms. The highest BCUT2D eigenvalue weighted by Crippen LogP contribution is 2.21.